The molecule has 0 aromatic carbocycles. The van der Waals surface area contributed by atoms with Gasteiger partial charge in [-0.1, -0.05) is 0 Å². The van der Waals surface area contributed by atoms with Gasteiger partial charge in [0.25, 0.3) is 0 Å². The maximum absolute atomic E-state index is 9.95. The first kappa shape index (κ1) is 10.7. The Balaban J connectivity index is 1.98. The van der Waals surface area contributed by atoms with Gasteiger partial charge in [-0.3, -0.25) is 0 Å². The standard InChI is InChI=1S/C13H16OS/c1-2-3-4-7-11(14)13-9-10-6-5-8-12(10)15-13/h9,11,14H,4-8H2,1H3. The fourth-order valence-corrected chi connectivity index (χ4v) is 3.27. The second-order valence-electron chi connectivity index (χ2n) is 3.93. The van der Waals surface area contributed by atoms with Gasteiger partial charge in [-0.15, -0.1) is 23.2 Å². The molecule has 1 N–H and O–H groups in total. The molecule has 2 rings (SSSR count). The SMILES string of the molecule is CC#CCCC(O)c1cc2c(s1)CCC2. The Labute approximate surface area is 95.1 Å². The lowest BCUT2D eigenvalue weighted by molar-refractivity contribution is 0.173. The van der Waals surface area contributed by atoms with Crippen molar-refractivity contribution in [2.45, 2.75) is 45.1 Å². The van der Waals surface area contributed by atoms with Crippen molar-refractivity contribution in [2.24, 2.45) is 0 Å². The molecule has 0 aliphatic heterocycles. The van der Waals surface area contributed by atoms with E-state index in [0.29, 0.717) is 0 Å². The molecule has 1 aliphatic rings. The molecule has 1 aliphatic carbocycles. The summed E-state index contributed by atoms with van der Waals surface area (Å²) in [5, 5.41) is 9.95. The van der Waals surface area contributed by atoms with Crippen molar-refractivity contribution >= 4 is 11.3 Å². The van der Waals surface area contributed by atoms with Crippen LogP contribution in [0.2, 0.25) is 0 Å². The van der Waals surface area contributed by atoms with E-state index in [1.165, 1.54) is 29.7 Å². The van der Waals surface area contributed by atoms with E-state index in [0.717, 1.165) is 17.7 Å². The second kappa shape index (κ2) is 4.83. The summed E-state index contributed by atoms with van der Waals surface area (Å²) in [6.45, 7) is 1.84. The molecule has 1 aromatic rings. The van der Waals surface area contributed by atoms with Crippen LogP contribution in [0.25, 0.3) is 0 Å². The molecule has 80 valence electrons. The zero-order chi connectivity index (χ0) is 10.7. The zero-order valence-corrected chi connectivity index (χ0v) is 9.86. The van der Waals surface area contributed by atoms with Gasteiger partial charge in [0, 0.05) is 16.2 Å². The Hall–Kier alpha value is -0.780. The van der Waals surface area contributed by atoms with Crippen LogP contribution in [-0.4, -0.2) is 5.11 Å². The Morgan fingerprint density at radius 1 is 1.53 bits per heavy atom. The number of rotatable bonds is 3. The second-order valence-corrected chi connectivity index (χ2v) is 5.10. The van der Waals surface area contributed by atoms with Gasteiger partial charge in [0.15, 0.2) is 0 Å². The van der Waals surface area contributed by atoms with Crippen molar-refractivity contribution in [1.29, 1.82) is 0 Å². The van der Waals surface area contributed by atoms with Crippen molar-refractivity contribution in [3.8, 4) is 11.8 Å². The third-order valence-corrected chi connectivity index (χ3v) is 4.15. The quantitative estimate of drug-likeness (QED) is 0.776. The Bertz CT molecular complexity index is 373. The summed E-state index contributed by atoms with van der Waals surface area (Å²) in [5.41, 5.74) is 1.47. The maximum atomic E-state index is 9.95. The number of aryl methyl sites for hydroxylation is 2. The molecule has 1 aromatic heterocycles. The van der Waals surface area contributed by atoms with Crippen molar-refractivity contribution in [3.05, 3.63) is 21.4 Å². The van der Waals surface area contributed by atoms with E-state index in [1.807, 2.05) is 6.92 Å². The number of hydrogen-bond donors (Lipinski definition) is 1. The van der Waals surface area contributed by atoms with Crippen molar-refractivity contribution in [1.82, 2.24) is 0 Å². The molecule has 0 radical (unpaired) electrons. The predicted octanol–water partition coefficient (Wildman–Crippen LogP) is 3.07. The summed E-state index contributed by atoms with van der Waals surface area (Å²) < 4.78 is 0. The molecule has 1 heterocycles. The molecule has 15 heavy (non-hydrogen) atoms. The highest BCUT2D eigenvalue weighted by atomic mass is 32.1. The number of aliphatic hydroxyl groups is 1. The van der Waals surface area contributed by atoms with Crippen molar-refractivity contribution < 1.29 is 5.11 Å². The number of thiophene rings is 1. The van der Waals surface area contributed by atoms with Gasteiger partial charge in [-0.25, -0.2) is 0 Å². The number of hydrogen-bond acceptors (Lipinski definition) is 2. The van der Waals surface area contributed by atoms with E-state index in [4.69, 9.17) is 0 Å². The first-order chi connectivity index (χ1) is 7.31. The van der Waals surface area contributed by atoms with Gasteiger partial charge < -0.3 is 5.11 Å². The van der Waals surface area contributed by atoms with Crippen LogP contribution in [0.5, 0.6) is 0 Å². The summed E-state index contributed by atoms with van der Waals surface area (Å²) in [5.74, 6) is 5.85. The van der Waals surface area contributed by atoms with Crippen LogP contribution in [0.1, 0.15) is 47.6 Å². The van der Waals surface area contributed by atoms with Crippen LogP contribution < -0.4 is 0 Å². The van der Waals surface area contributed by atoms with E-state index in [-0.39, 0.29) is 6.10 Å². The Kier molecular flexibility index (Phi) is 3.45. The van der Waals surface area contributed by atoms with Crippen LogP contribution in [0, 0.1) is 11.8 Å². The van der Waals surface area contributed by atoms with Crippen molar-refractivity contribution in [2.75, 3.05) is 0 Å². The summed E-state index contributed by atoms with van der Waals surface area (Å²) in [6.07, 6.45) is 4.95. The van der Waals surface area contributed by atoms with Gasteiger partial charge in [0.05, 0.1) is 6.10 Å². The van der Waals surface area contributed by atoms with Gasteiger partial charge in [0.1, 0.15) is 0 Å². The summed E-state index contributed by atoms with van der Waals surface area (Å²) >= 11 is 1.79. The average molecular weight is 220 g/mol. The normalized spacial score (nSPS) is 15.6. The minimum atomic E-state index is -0.304. The molecule has 2 heteroatoms. The average Bonchev–Trinajstić information content (AvgIpc) is 2.76. The predicted molar refractivity (Wildman–Crippen MR) is 64.0 cm³/mol. The molecule has 1 atom stereocenters. The lowest BCUT2D eigenvalue weighted by Gasteiger charge is -2.05. The molecular weight excluding hydrogens is 204 g/mol. The van der Waals surface area contributed by atoms with Crippen LogP contribution in [0.4, 0.5) is 0 Å². The third-order valence-electron chi connectivity index (χ3n) is 2.81. The molecule has 0 spiro atoms. The third kappa shape index (κ3) is 2.42. The summed E-state index contributed by atoms with van der Waals surface area (Å²) in [6, 6.07) is 2.19. The highest BCUT2D eigenvalue weighted by Crippen LogP contribution is 2.34. The number of fused-ring (bicyclic) bond motifs is 1. The first-order valence-corrected chi connectivity index (χ1v) is 6.32. The smallest absolute Gasteiger partial charge is 0.0891 e. The van der Waals surface area contributed by atoms with Crippen LogP contribution in [0.3, 0.4) is 0 Å². The lowest BCUT2D eigenvalue weighted by Crippen LogP contribution is -1.93. The van der Waals surface area contributed by atoms with E-state index < -0.39 is 0 Å². The highest BCUT2D eigenvalue weighted by Gasteiger charge is 2.18. The van der Waals surface area contributed by atoms with Crippen molar-refractivity contribution in [3.63, 3.8) is 0 Å². The van der Waals surface area contributed by atoms with E-state index in [2.05, 4.69) is 17.9 Å². The molecular formula is C13H16OS. The van der Waals surface area contributed by atoms with E-state index >= 15 is 0 Å². The first-order valence-electron chi connectivity index (χ1n) is 5.50. The molecule has 1 nitrogen and oxygen atoms in total. The molecule has 0 amide bonds. The monoisotopic (exact) mass is 220 g/mol. The number of aliphatic hydroxyl groups excluding tert-OH is 1. The fourth-order valence-electron chi connectivity index (χ4n) is 1.99. The summed E-state index contributed by atoms with van der Waals surface area (Å²) in [4.78, 5) is 2.63. The molecule has 0 bridgehead atoms. The van der Waals surface area contributed by atoms with Gasteiger partial charge >= 0.3 is 0 Å². The van der Waals surface area contributed by atoms with Gasteiger partial charge in [-0.05, 0) is 44.2 Å². The minimum Gasteiger partial charge on any atom is -0.388 e. The molecule has 0 fully saturated rings. The van der Waals surface area contributed by atoms with Gasteiger partial charge in [0.2, 0.25) is 0 Å². The Morgan fingerprint density at radius 2 is 2.40 bits per heavy atom. The summed E-state index contributed by atoms with van der Waals surface area (Å²) in [7, 11) is 0. The molecule has 0 saturated carbocycles. The fraction of sp³-hybridized carbons (Fsp3) is 0.538. The van der Waals surface area contributed by atoms with Crippen LogP contribution in [-0.2, 0) is 12.8 Å². The van der Waals surface area contributed by atoms with Crippen LogP contribution in [0.15, 0.2) is 6.07 Å². The zero-order valence-electron chi connectivity index (χ0n) is 9.05. The molecule has 1 unspecified atom stereocenters. The highest BCUT2D eigenvalue weighted by molar-refractivity contribution is 7.12. The topological polar surface area (TPSA) is 20.2 Å². The maximum Gasteiger partial charge on any atom is 0.0891 e. The largest absolute Gasteiger partial charge is 0.388 e. The minimum absolute atomic E-state index is 0.304. The lowest BCUT2D eigenvalue weighted by atomic mass is 10.1. The van der Waals surface area contributed by atoms with E-state index in [9.17, 15) is 5.11 Å². The van der Waals surface area contributed by atoms with E-state index in [1.54, 1.807) is 11.3 Å². The Morgan fingerprint density at radius 3 is 3.13 bits per heavy atom. The van der Waals surface area contributed by atoms with Crippen LogP contribution >= 0.6 is 11.3 Å². The molecule has 0 saturated heterocycles. The van der Waals surface area contributed by atoms with Gasteiger partial charge in [-0.2, -0.15) is 0 Å².